The molecule has 40 heavy (non-hydrogen) atoms. The molecule has 2 heterocycles. The van der Waals surface area contributed by atoms with E-state index in [-0.39, 0.29) is 40.5 Å². The molecule has 1 atom stereocenters. The van der Waals surface area contributed by atoms with Crippen molar-refractivity contribution < 1.29 is 28.8 Å². The molecule has 2 aliphatic rings. The summed E-state index contributed by atoms with van der Waals surface area (Å²) in [6.07, 6.45) is 8.48. The normalized spacial score (nSPS) is 15.5. The van der Waals surface area contributed by atoms with E-state index >= 15 is 0 Å². The van der Waals surface area contributed by atoms with Crippen LogP contribution in [-0.2, 0) is 6.42 Å². The number of ether oxygens (including phenoxy) is 2. The second kappa shape index (κ2) is 11.3. The Kier molecular flexibility index (Phi) is 7.50. The number of carbonyl (C=O) groups is 2. The van der Waals surface area contributed by atoms with Crippen molar-refractivity contribution in [1.82, 2.24) is 0 Å². The molecule has 0 saturated carbocycles. The number of amides is 2. The van der Waals surface area contributed by atoms with Gasteiger partial charge in [0.15, 0.2) is 11.5 Å². The van der Waals surface area contributed by atoms with E-state index in [1.54, 1.807) is 29.5 Å². The van der Waals surface area contributed by atoms with Crippen LogP contribution in [0.2, 0.25) is 0 Å². The molecule has 2 aliphatic heterocycles. The van der Waals surface area contributed by atoms with E-state index in [0.29, 0.717) is 29.8 Å². The topological polar surface area (TPSA) is 125 Å². The van der Waals surface area contributed by atoms with Gasteiger partial charge in [0.1, 0.15) is 0 Å². The van der Waals surface area contributed by atoms with Gasteiger partial charge in [0.2, 0.25) is 11.5 Å². The van der Waals surface area contributed by atoms with Gasteiger partial charge >= 0.3 is 0 Å². The van der Waals surface area contributed by atoms with Crippen LogP contribution in [0, 0.1) is 0 Å². The predicted molar refractivity (Wildman–Crippen MR) is 152 cm³/mol. The fraction of sp³-hybridized carbons (Fsp3) is 0.200. The second-order valence-corrected chi connectivity index (χ2v) is 9.04. The molecule has 0 radical (unpaired) electrons. The van der Waals surface area contributed by atoms with Crippen LogP contribution in [0.5, 0.6) is 23.0 Å². The van der Waals surface area contributed by atoms with Crippen molar-refractivity contribution in [2.75, 3.05) is 19.1 Å². The predicted octanol–water partition coefficient (Wildman–Crippen LogP) is 5.13. The Hall–Kier alpha value is -5.12. The fourth-order valence-electron chi connectivity index (χ4n) is 4.66. The number of anilines is 1. The molecule has 0 aliphatic carbocycles. The Bertz CT molecular complexity index is 1560. The second-order valence-electron chi connectivity index (χ2n) is 9.04. The first-order valence-electron chi connectivity index (χ1n) is 12.6. The molecule has 2 amide bonds. The molecule has 0 unspecified atom stereocenters. The van der Waals surface area contributed by atoms with Crippen LogP contribution in [0.4, 0.5) is 17.1 Å². The highest BCUT2D eigenvalue weighted by Gasteiger charge is 2.36. The zero-order chi connectivity index (χ0) is 28.2. The molecule has 10 nitrogen and oxygen atoms in total. The lowest BCUT2D eigenvalue weighted by atomic mass is 10.1. The average Bonchev–Trinajstić information content (AvgIpc) is 3.28. The standard InChI is InChI=1S/C30H28N4O6/c1-4-5-8-11-32-22-15-27(25(37-2)13-20(22)29(31)35)39-40-28-16-23-21(14-26(28)38-3)30(36)34-19(17-33-23)12-18-9-6-7-10-24(18)34/h4-7,9-11,13-17,19H,8,12H2,1-3H3,(H2,31,35)/b5-4-,32-11?/t19-/m0/s1. The number of benzene rings is 3. The summed E-state index contributed by atoms with van der Waals surface area (Å²) in [5, 5.41) is 0. The van der Waals surface area contributed by atoms with Gasteiger partial charge in [0, 0.05) is 43.1 Å². The summed E-state index contributed by atoms with van der Waals surface area (Å²) in [5.74, 6) is -0.0281. The van der Waals surface area contributed by atoms with Crippen molar-refractivity contribution in [3.05, 3.63) is 77.4 Å². The molecule has 0 aromatic heterocycles. The van der Waals surface area contributed by atoms with Crippen molar-refractivity contribution in [3.63, 3.8) is 0 Å². The maximum Gasteiger partial charge on any atom is 0.261 e. The Morgan fingerprint density at radius 2 is 1.80 bits per heavy atom. The van der Waals surface area contributed by atoms with E-state index in [1.165, 1.54) is 26.4 Å². The Morgan fingerprint density at radius 1 is 1.07 bits per heavy atom. The minimum absolute atomic E-state index is 0.152. The van der Waals surface area contributed by atoms with Gasteiger partial charge in [-0.05, 0) is 30.7 Å². The van der Waals surface area contributed by atoms with Crippen molar-refractivity contribution in [1.29, 1.82) is 0 Å². The number of allylic oxidation sites excluding steroid dienone is 2. The van der Waals surface area contributed by atoms with Crippen molar-refractivity contribution in [2.24, 2.45) is 15.7 Å². The fourth-order valence-corrected chi connectivity index (χ4v) is 4.66. The highest BCUT2D eigenvalue weighted by Crippen LogP contribution is 2.42. The van der Waals surface area contributed by atoms with E-state index in [1.807, 2.05) is 43.3 Å². The molecular formula is C30H28N4O6. The number of primary amides is 1. The number of hydrogen-bond acceptors (Lipinski definition) is 8. The van der Waals surface area contributed by atoms with E-state index < -0.39 is 5.91 Å². The minimum atomic E-state index is -0.665. The third-order valence-corrected chi connectivity index (χ3v) is 6.60. The zero-order valence-corrected chi connectivity index (χ0v) is 22.3. The first-order chi connectivity index (χ1) is 19.4. The van der Waals surface area contributed by atoms with E-state index in [4.69, 9.17) is 25.0 Å². The van der Waals surface area contributed by atoms with Crippen molar-refractivity contribution >= 4 is 41.3 Å². The van der Waals surface area contributed by atoms with Gasteiger partial charge in [-0.15, -0.1) is 0 Å². The third-order valence-electron chi connectivity index (χ3n) is 6.60. The number of para-hydroxylation sites is 1. The molecule has 0 bridgehead atoms. The molecular weight excluding hydrogens is 512 g/mol. The molecule has 2 N–H and O–H groups in total. The maximum absolute atomic E-state index is 13.6. The number of fused-ring (bicyclic) bond motifs is 4. The van der Waals surface area contributed by atoms with Crippen LogP contribution >= 0.6 is 0 Å². The monoisotopic (exact) mass is 540 g/mol. The van der Waals surface area contributed by atoms with Crippen LogP contribution in [0.3, 0.4) is 0 Å². The Morgan fingerprint density at radius 3 is 2.52 bits per heavy atom. The third kappa shape index (κ3) is 4.98. The van der Waals surface area contributed by atoms with E-state index in [0.717, 1.165) is 11.3 Å². The molecule has 3 aromatic carbocycles. The number of nitrogens with two attached hydrogens (primary N) is 1. The number of aliphatic imine (C=N–C) groups is 2. The smallest absolute Gasteiger partial charge is 0.261 e. The van der Waals surface area contributed by atoms with Crippen LogP contribution in [0.25, 0.3) is 0 Å². The van der Waals surface area contributed by atoms with E-state index in [9.17, 15) is 9.59 Å². The van der Waals surface area contributed by atoms with E-state index in [2.05, 4.69) is 9.98 Å². The summed E-state index contributed by atoms with van der Waals surface area (Å²) in [6.45, 7) is 1.90. The van der Waals surface area contributed by atoms with Gasteiger partial charge < -0.3 is 15.2 Å². The number of hydrogen-bond donors (Lipinski definition) is 1. The summed E-state index contributed by atoms with van der Waals surface area (Å²) in [4.78, 5) is 47.7. The minimum Gasteiger partial charge on any atom is -0.493 e. The summed E-state index contributed by atoms with van der Waals surface area (Å²) >= 11 is 0. The lowest BCUT2D eigenvalue weighted by Crippen LogP contribution is -2.37. The number of nitrogens with zero attached hydrogens (tertiary/aromatic N) is 3. The quantitative estimate of drug-likeness (QED) is 0.174. The first kappa shape index (κ1) is 26.5. The lowest BCUT2D eigenvalue weighted by Gasteiger charge is -2.21. The van der Waals surface area contributed by atoms with Gasteiger partial charge in [0.25, 0.3) is 11.8 Å². The summed E-state index contributed by atoms with van der Waals surface area (Å²) < 4.78 is 10.9. The Labute approximate surface area is 231 Å². The highest BCUT2D eigenvalue weighted by atomic mass is 17.2. The van der Waals surface area contributed by atoms with Crippen LogP contribution in [0.1, 0.15) is 39.6 Å². The van der Waals surface area contributed by atoms with Crippen LogP contribution in [0.15, 0.2) is 70.7 Å². The molecule has 3 aromatic rings. The summed E-state index contributed by atoms with van der Waals surface area (Å²) in [5.41, 5.74) is 8.77. The molecule has 204 valence electrons. The van der Waals surface area contributed by atoms with Crippen molar-refractivity contribution in [2.45, 2.75) is 25.8 Å². The zero-order valence-electron chi connectivity index (χ0n) is 22.3. The number of rotatable bonds is 9. The summed E-state index contributed by atoms with van der Waals surface area (Å²) in [6, 6.07) is 13.7. The maximum atomic E-state index is 13.6. The summed E-state index contributed by atoms with van der Waals surface area (Å²) in [7, 11) is 2.89. The van der Waals surface area contributed by atoms with Gasteiger partial charge in [-0.2, -0.15) is 0 Å². The number of carbonyl (C=O) groups excluding carboxylic acids is 2. The van der Waals surface area contributed by atoms with Gasteiger partial charge in [-0.3, -0.25) is 34.2 Å². The van der Waals surface area contributed by atoms with Crippen molar-refractivity contribution in [3.8, 4) is 23.0 Å². The van der Waals surface area contributed by atoms with Crippen LogP contribution in [-0.4, -0.2) is 44.5 Å². The molecule has 0 fully saturated rings. The van der Waals surface area contributed by atoms with Gasteiger partial charge in [-0.1, -0.05) is 30.4 Å². The first-order valence-corrected chi connectivity index (χ1v) is 12.6. The molecule has 0 spiro atoms. The van der Waals surface area contributed by atoms with Crippen LogP contribution < -0.4 is 29.9 Å². The SMILES string of the molecule is C/C=C\CC=Nc1cc(OOc2cc3c(cc2OC)C(=O)N2c4ccccc4C[C@H]2C=N3)c(OC)cc1C(N)=O. The largest absolute Gasteiger partial charge is 0.493 e. The van der Waals surface area contributed by atoms with Gasteiger partial charge in [0.05, 0.1) is 42.8 Å². The molecule has 0 saturated heterocycles. The highest BCUT2D eigenvalue weighted by molar-refractivity contribution is 6.14. The van der Waals surface area contributed by atoms with Gasteiger partial charge in [-0.25, -0.2) is 0 Å². The molecule has 10 heteroatoms. The number of methoxy groups -OCH3 is 2. The lowest BCUT2D eigenvalue weighted by molar-refractivity contribution is -0.103. The molecule has 5 rings (SSSR count). The Balaban J connectivity index is 1.45. The average molecular weight is 541 g/mol.